The van der Waals surface area contributed by atoms with E-state index in [0.29, 0.717) is 11.1 Å². The highest BCUT2D eigenvalue weighted by atomic mass is 16.6. The van der Waals surface area contributed by atoms with E-state index in [2.05, 4.69) is 14.9 Å². The van der Waals surface area contributed by atoms with Gasteiger partial charge in [-0.3, -0.25) is 14.9 Å². The van der Waals surface area contributed by atoms with Crippen LogP contribution >= 0.6 is 0 Å². The number of carbonyl (C=O) groups is 1. The van der Waals surface area contributed by atoms with Gasteiger partial charge in [-0.05, 0) is 38.1 Å². The van der Waals surface area contributed by atoms with E-state index in [1.807, 2.05) is 31.2 Å². The second-order valence-electron chi connectivity index (χ2n) is 5.70. The van der Waals surface area contributed by atoms with E-state index in [-0.39, 0.29) is 18.1 Å². The maximum absolute atomic E-state index is 12.3. The quantitative estimate of drug-likeness (QED) is 0.571. The predicted octanol–water partition coefficient (Wildman–Crippen LogP) is 3.20. The summed E-state index contributed by atoms with van der Waals surface area (Å²) in [5.41, 5.74) is 2.77. The lowest BCUT2D eigenvalue weighted by molar-refractivity contribution is -0.385. The van der Waals surface area contributed by atoms with Gasteiger partial charge in [-0.2, -0.15) is 0 Å². The minimum Gasteiger partial charge on any atom is -0.345 e. The molecule has 0 saturated heterocycles. The molecule has 0 spiro atoms. The number of aryl methyl sites for hydroxylation is 2. The van der Waals surface area contributed by atoms with E-state index in [0.717, 1.165) is 23.4 Å². The van der Waals surface area contributed by atoms with Gasteiger partial charge in [0.25, 0.3) is 11.6 Å². The van der Waals surface area contributed by atoms with Crippen molar-refractivity contribution in [2.75, 3.05) is 0 Å². The molecule has 1 aromatic heterocycles. The zero-order valence-electron chi connectivity index (χ0n) is 14.0. The van der Waals surface area contributed by atoms with Crippen LogP contribution in [-0.4, -0.2) is 20.4 Å². The van der Waals surface area contributed by atoms with Gasteiger partial charge in [0.15, 0.2) is 0 Å². The lowest BCUT2D eigenvalue weighted by atomic mass is 10.1. The second-order valence-corrected chi connectivity index (χ2v) is 5.70. The number of carbonyl (C=O) groups excluding carboxylic acids is 1. The third kappa shape index (κ3) is 3.21. The van der Waals surface area contributed by atoms with Crippen LogP contribution in [-0.2, 0) is 13.1 Å². The lowest BCUT2D eigenvalue weighted by Crippen LogP contribution is -2.24. The summed E-state index contributed by atoms with van der Waals surface area (Å²) in [6.45, 7) is 4.68. The van der Waals surface area contributed by atoms with Crippen LogP contribution in [0.2, 0.25) is 0 Å². The smallest absolute Gasteiger partial charge is 0.272 e. The standard InChI is InChI=1S/C18H18N4O3/c1-3-21-16-7-5-4-6-14(16)20-17(21)11-19-18(23)13-8-9-15(22(24)25)12(2)10-13/h4-10H,3,11H2,1-2H3,(H,19,23). The Balaban J connectivity index is 1.79. The molecule has 0 radical (unpaired) electrons. The van der Waals surface area contributed by atoms with Gasteiger partial charge in [-0.25, -0.2) is 4.98 Å². The molecule has 7 nitrogen and oxygen atoms in total. The van der Waals surface area contributed by atoms with Crippen molar-refractivity contribution in [2.45, 2.75) is 26.9 Å². The molecule has 3 aromatic rings. The molecule has 0 atom stereocenters. The summed E-state index contributed by atoms with van der Waals surface area (Å²) < 4.78 is 2.05. The molecule has 1 heterocycles. The number of aromatic nitrogens is 2. The third-order valence-corrected chi connectivity index (χ3v) is 4.11. The Morgan fingerprint density at radius 1 is 1.28 bits per heavy atom. The Bertz CT molecular complexity index is 962. The van der Waals surface area contributed by atoms with E-state index in [9.17, 15) is 14.9 Å². The number of nitro groups is 1. The van der Waals surface area contributed by atoms with Gasteiger partial charge in [-0.15, -0.1) is 0 Å². The van der Waals surface area contributed by atoms with Crippen LogP contribution in [0.5, 0.6) is 0 Å². The van der Waals surface area contributed by atoms with E-state index in [1.165, 1.54) is 18.2 Å². The molecule has 3 rings (SSSR count). The molecule has 0 fully saturated rings. The maximum Gasteiger partial charge on any atom is 0.272 e. The van der Waals surface area contributed by atoms with E-state index >= 15 is 0 Å². The van der Waals surface area contributed by atoms with Crippen molar-refractivity contribution in [3.05, 3.63) is 69.5 Å². The molecule has 128 valence electrons. The summed E-state index contributed by atoms with van der Waals surface area (Å²) >= 11 is 0. The number of benzene rings is 2. The highest BCUT2D eigenvalue weighted by Gasteiger charge is 2.15. The summed E-state index contributed by atoms with van der Waals surface area (Å²) in [6, 6.07) is 12.2. The minimum atomic E-state index is -0.458. The van der Waals surface area contributed by atoms with Crippen LogP contribution < -0.4 is 5.32 Å². The van der Waals surface area contributed by atoms with E-state index in [1.54, 1.807) is 6.92 Å². The molecule has 1 amide bonds. The lowest BCUT2D eigenvalue weighted by Gasteiger charge is -2.08. The van der Waals surface area contributed by atoms with Gasteiger partial charge < -0.3 is 9.88 Å². The number of hydrogen-bond donors (Lipinski definition) is 1. The van der Waals surface area contributed by atoms with Crippen LogP contribution in [0.4, 0.5) is 5.69 Å². The van der Waals surface area contributed by atoms with Gasteiger partial charge in [0.1, 0.15) is 5.82 Å². The molecule has 0 unspecified atom stereocenters. The summed E-state index contributed by atoms with van der Waals surface area (Å²) in [6.07, 6.45) is 0. The first-order chi connectivity index (χ1) is 12.0. The molecule has 0 saturated carbocycles. The number of amides is 1. The summed E-state index contributed by atoms with van der Waals surface area (Å²) in [7, 11) is 0. The Morgan fingerprint density at radius 2 is 2.04 bits per heavy atom. The molecular weight excluding hydrogens is 320 g/mol. The van der Waals surface area contributed by atoms with Crippen molar-refractivity contribution in [1.82, 2.24) is 14.9 Å². The first kappa shape index (κ1) is 16.6. The normalized spacial score (nSPS) is 10.8. The number of nitro benzene ring substituents is 1. The van der Waals surface area contributed by atoms with Gasteiger partial charge in [-0.1, -0.05) is 12.1 Å². The average Bonchev–Trinajstić information content (AvgIpc) is 2.96. The molecular formula is C18H18N4O3. The monoisotopic (exact) mass is 338 g/mol. The Hall–Kier alpha value is -3.22. The fourth-order valence-corrected chi connectivity index (χ4v) is 2.88. The molecule has 7 heteroatoms. The van der Waals surface area contributed by atoms with Crippen LogP contribution in [0.25, 0.3) is 11.0 Å². The molecule has 0 aliphatic heterocycles. The molecule has 1 N–H and O–H groups in total. The number of para-hydroxylation sites is 2. The fraction of sp³-hybridized carbons (Fsp3) is 0.222. The number of nitrogens with one attached hydrogen (secondary N) is 1. The summed E-state index contributed by atoms with van der Waals surface area (Å²) in [5, 5.41) is 13.7. The average molecular weight is 338 g/mol. The van der Waals surface area contributed by atoms with Crippen molar-refractivity contribution in [1.29, 1.82) is 0 Å². The number of rotatable bonds is 5. The zero-order valence-corrected chi connectivity index (χ0v) is 14.0. The van der Waals surface area contributed by atoms with Crippen molar-refractivity contribution in [3.8, 4) is 0 Å². The van der Waals surface area contributed by atoms with Crippen molar-refractivity contribution >= 4 is 22.6 Å². The topological polar surface area (TPSA) is 90.1 Å². The number of hydrogen-bond acceptors (Lipinski definition) is 4. The van der Waals surface area contributed by atoms with Crippen LogP contribution in [0.1, 0.15) is 28.7 Å². The zero-order chi connectivity index (χ0) is 18.0. The first-order valence-electron chi connectivity index (χ1n) is 7.98. The van der Waals surface area contributed by atoms with Gasteiger partial charge >= 0.3 is 0 Å². The largest absolute Gasteiger partial charge is 0.345 e. The highest BCUT2D eigenvalue weighted by Crippen LogP contribution is 2.19. The maximum atomic E-state index is 12.3. The summed E-state index contributed by atoms with van der Waals surface area (Å²) in [4.78, 5) is 27.3. The fourth-order valence-electron chi connectivity index (χ4n) is 2.88. The van der Waals surface area contributed by atoms with Crippen LogP contribution in [0, 0.1) is 17.0 Å². The minimum absolute atomic E-state index is 0.00401. The van der Waals surface area contributed by atoms with Gasteiger partial charge in [0.2, 0.25) is 0 Å². The van der Waals surface area contributed by atoms with Crippen molar-refractivity contribution in [3.63, 3.8) is 0 Å². The Kier molecular flexibility index (Phi) is 4.47. The first-order valence-corrected chi connectivity index (χ1v) is 7.98. The Morgan fingerprint density at radius 3 is 2.72 bits per heavy atom. The second kappa shape index (κ2) is 6.72. The third-order valence-electron chi connectivity index (χ3n) is 4.11. The molecule has 0 bridgehead atoms. The Labute approximate surface area is 144 Å². The van der Waals surface area contributed by atoms with Crippen molar-refractivity contribution < 1.29 is 9.72 Å². The van der Waals surface area contributed by atoms with Gasteiger partial charge in [0, 0.05) is 23.7 Å². The van der Waals surface area contributed by atoms with Crippen LogP contribution in [0.15, 0.2) is 42.5 Å². The van der Waals surface area contributed by atoms with Gasteiger partial charge in [0.05, 0.1) is 22.5 Å². The summed E-state index contributed by atoms with van der Waals surface area (Å²) in [5.74, 6) is 0.489. The van der Waals surface area contributed by atoms with Crippen LogP contribution in [0.3, 0.4) is 0 Å². The number of imidazole rings is 1. The highest BCUT2D eigenvalue weighted by molar-refractivity contribution is 5.94. The molecule has 2 aromatic carbocycles. The van der Waals surface area contributed by atoms with Crippen molar-refractivity contribution in [2.24, 2.45) is 0 Å². The predicted molar refractivity (Wildman–Crippen MR) is 94.4 cm³/mol. The molecule has 25 heavy (non-hydrogen) atoms. The molecule has 0 aliphatic carbocycles. The SMILES string of the molecule is CCn1c(CNC(=O)c2ccc([N+](=O)[O-])c(C)c2)nc2ccccc21. The number of nitrogens with zero attached hydrogens (tertiary/aromatic N) is 3. The number of fused-ring (bicyclic) bond motifs is 1. The van der Waals surface area contributed by atoms with E-state index in [4.69, 9.17) is 0 Å². The van der Waals surface area contributed by atoms with E-state index < -0.39 is 4.92 Å². The molecule has 0 aliphatic rings.